The Morgan fingerprint density at radius 3 is 2.50 bits per heavy atom. The summed E-state index contributed by atoms with van der Waals surface area (Å²) in [6.07, 6.45) is -0.0163. The maximum atomic E-state index is 13.8. The molecule has 0 N–H and O–H groups in total. The molecule has 1 aromatic carbocycles. The SMILES string of the molecule is Cc1ccc(C(=O)N2CC(C)OC(C)C2)c(F)c1. The Balaban J connectivity index is 2.20. The molecule has 98 valence electrons. The molecule has 2 unspecified atom stereocenters. The molecule has 0 radical (unpaired) electrons. The number of aryl methyl sites for hydroxylation is 1. The van der Waals surface area contributed by atoms with E-state index in [0.29, 0.717) is 13.1 Å². The Morgan fingerprint density at radius 1 is 1.33 bits per heavy atom. The Hall–Kier alpha value is -1.42. The topological polar surface area (TPSA) is 29.5 Å². The molecule has 1 saturated heterocycles. The lowest BCUT2D eigenvalue weighted by atomic mass is 10.1. The molecule has 0 bridgehead atoms. The number of ether oxygens (including phenoxy) is 1. The Kier molecular flexibility index (Phi) is 3.66. The summed E-state index contributed by atoms with van der Waals surface area (Å²) in [5, 5.41) is 0. The summed E-state index contributed by atoms with van der Waals surface area (Å²) in [4.78, 5) is 13.9. The van der Waals surface area contributed by atoms with Gasteiger partial charge in [0.25, 0.3) is 5.91 Å². The molecule has 1 fully saturated rings. The standard InChI is InChI=1S/C14H18FNO2/c1-9-4-5-12(13(15)6-9)14(17)16-7-10(2)18-11(3)8-16/h4-6,10-11H,7-8H2,1-3H3. The van der Waals surface area contributed by atoms with Gasteiger partial charge in [-0.3, -0.25) is 4.79 Å². The van der Waals surface area contributed by atoms with E-state index in [-0.39, 0.29) is 23.7 Å². The molecular weight excluding hydrogens is 233 g/mol. The van der Waals surface area contributed by atoms with Crippen molar-refractivity contribution in [2.45, 2.75) is 33.0 Å². The number of rotatable bonds is 1. The zero-order chi connectivity index (χ0) is 13.3. The van der Waals surface area contributed by atoms with Gasteiger partial charge in [0.2, 0.25) is 0 Å². The molecule has 0 aromatic heterocycles. The minimum Gasteiger partial charge on any atom is -0.372 e. The fraction of sp³-hybridized carbons (Fsp3) is 0.500. The van der Waals surface area contributed by atoms with E-state index in [1.807, 2.05) is 13.8 Å². The molecule has 4 heteroatoms. The predicted molar refractivity (Wildman–Crippen MR) is 67.0 cm³/mol. The van der Waals surface area contributed by atoms with E-state index in [1.165, 1.54) is 6.07 Å². The molecule has 1 aliphatic rings. The minimum atomic E-state index is -0.452. The highest BCUT2D eigenvalue weighted by Crippen LogP contribution is 2.17. The van der Waals surface area contributed by atoms with Crippen LogP contribution in [0.3, 0.4) is 0 Å². The number of benzene rings is 1. The number of hydrogen-bond acceptors (Lipinski definition) is 2. The van der Waals surface area contributed by atoms with Gasteiger partial charge in [-0.2, -0.15) is 0 Å². The van der Waals surface area contributed by atoms with Crippen LogP contribution in [0.1, 0.15) is 29.8 Å². The number of amides is 1. The molecule has 1 amide bonds. The lowest BCUT2D eigenvalue weighted by Gasteiger charge is -2.35. The third-order valence-corrected chi connectivity index (χ3v) is 3.06. The number of halogens is 1. The Morgan fingerprint density at radius 2 is 1.94 bits per heavy atom. The quantitative estimate of drug-likeness (QED) is 0.767. The summed E-state index contributed by atoms with van der Waals surface area (Å²) in [5.41, 5.74) is 0.953. The van der Waals surface area contributed by atoms with Crippen molar-refractivity contribution in [3.8, 4) is 0 Å². The molecule has 3 nitrogen and oxygen atoms in total. The van der Waals surface area contributed by atoms with Gasteiger partial charge in [-0.25, -0.2) is 4.39 Å². The van der Waals surface area contributed by atoms with Gasteiger partial charge in [0.1, 0.15) is 5.82 Å². The first-order valence-corrected chi connectivity index (χ1v) is 6.18. The molecule has 0 saturated carbocycles. The molecule has 2 atom stereocenters. The van der Waals surface area contributed by atoms with Crippen LogP contribution in [0.15, 0.2) is 18.2 Å². The predicted octanol–water partition coefficient (Wildman–Crippen LogP) is 2.38. The Bertz CT molecular complexity index is 451. The van der Waals surface area contributed by atoms with Gasteiger partial charge in [0.15, 0.2) is 0 Å². The fourth-order valence-corrected chi connectivity index (χ4v) is 2.31. The van der Waals surface area contributed by atoms with Gasteiger partial charge >= 0.3 is 0 Å². The average molecular weight is 251 g/mol. The number of carbonyl (C=O) groups excluding carboxylic acids is 1. The second kappa shape index (κ2) is 5.06. The normalized spacial score (nSPS) is 24.1. The highest BCUT2D eigenvalue weighted by atomic mass is 19.1. The summed E-state index contributed by atoms with van der Waals surface area (Å²) in [5.74, 6) is -0.707. The number of hydrogen-bond donors (Lipinski definition) is 0. The molecule has 1 aliphatic heterocycles. The summed E-state index contributed by atoms with van der Waals surface area (Å²) >= 11 is 0. The van der Waals surface area contributed by atoms with Crippen molar-refractivity contribution in [2.24, 2.45) is 0 Å². The van der Waals surface area contributed by atoms with E-state index in [2.05, 4.69) is 0 Å². The van der Waals surface area contributed by atoms with E-state index in [4.69, 9.17) is 4.74 Å². The van der Waals surface area contributed by atoms with Crippen LogP contribution in [0.25, 0.3) is 0 Å². The number of carbonyl (C=O) groups is 1. The van der Waals surface area contributed by atoms with Gasteiger partial charge in [0.05, 0.1) is 17.8 Å². The van der Waals surface area contributed by atoms with E-state index >= 15 is 0 Å². The van der Waals surface area contributed by atoms with Crippen LogP contribution in [0, 0.1) is 12.7 Å². The van der Waals surface area contributed by atoms with Gasteiger partial charge in [-0.15, -0.1) is 0 Å². The molecule has 18 heavy (non-hydrogen) atoms. The lowest BCUT2D eigenvalue weighted by Crippen LogP contribution is -2.48. The van der Waals surface area contributed by atoms with E-state index < -0.39 is 5.82 Å². The second-order valence-corrected chi connectivity index (χ2v) is 4.95. The van der Waals surface area contributed by atoms with E-state index in [9.17, 15) is 9.18 Å². The fourth-order valence-electron chi connectivity index (χ4n) is 2.31. The minimum absolute atomic E-state index is 0.00814. The van der Waals surface area contributed by atoms with Crippen LogP contribution in [0.2, 0.25) is 0 Å². The van der Waals surface area contributed by atoms with Crippen LogP contribution in [0.4, 0.5) is 4.39 Å². The van der Waals surface area contributed by atoms with Gasteiger partial charge in [-0.05, 0) is 38.5 Å². The van der Waals surface area contributed by atoms with Crippen molar-refractivity contribution in [3.63, 3.8) is 0 Å². The molecule has 1 heterocycles. The molecule has 0 spiro atoms. The lowest BCUT2D eigenvalue weighted by molar-refractivity contribution is -0.0587. The third kappa shape index (κ3) is 2.70. The molecule has 2 rings (SSSR count). The maximum absolute atomic E-state index is 13.8. The maximum Gasteiger partial charge on any atom is 0.257 e. The average Bonchev–Trinajstić information content (AvgIpc) is 2.26. The first kappa shape index (κ1) is 13.0. The van der Waals surface area contributed by atoms with Crippen molar-refractivity contribution in [1.29, 1.82) is 0 Å². The molecule has 0 aliphatic carbocycles. The zero-order valence-corrected chi connectivity index (χ0v) is 10.9. The van der Waals surface area contributed by atoms with E-state index in [0.717, 1.165) is 5.56 Å². The van der Waals surface area contributed by atoms with Crippen LogP contribution in [-0.4, -0.2) is 36.1 Å². The molecule has 1 aromatic rings. The van der Waals surface area contributed by atoms with E-state index in [1.54, 1.807) is 24.0 Å². The smallest absolute Gasteiger partial charge is 0.257 e. The number of nitrogens with zero attached hydrogens (tertiary/aromatic N) is 1. The first-order valence-electron chi connectivity index (χ1n) is 6.18. The van der Waals surface area contributed by atoms with Crippen LogP contribution in [0.5, 0.6) is 0 Å². The number of morpholine rings is 1. The summed E-state index contributed by atoms with van der Waals surface area (Å²) in [6.45, 7) is 6.66. The largest absolute Gasteiger partial charge is 0.372 e. The Labute approximate surface area is 107 Å². The van der Waals surface area contributed by atoms with Crippen LogP contribution in [-0.2, 0) is 4.74 Å². The van der Waals surface area contributed by atoms with Crippen LogP contribution < -0.4 is 0 Å². The van der Waals surface area contributed by atoms with Crippen molar-refractivity contribution in [3.05, 3.63) is 35.1 Å². The monoisotopic (exact) mass is 251 g/mol. The summed E-state index contributed by atoms with van der Waals surface area (Å²) < 4.78 is 19.3. The second-order valence-electron chi connectivity index (χ2n) is 4.95. The van der Waals surface area contributed by atoms with Gasteiger partial charge in [0, 0.05) is 13.1 Å². The zero-order valence-electron chi connectivity index (χ0n) is 10.9. The molecular formula is C14H18FNO2. The van der Waals surface area contributed by atoms with Crippen molar-refractivity contribution < 1.29 is 13.9 Å². The van der Waals surface area contributed by atoms with Crippen molar-refractivity contribution in [2.75, 3.05) is 13.1 Å². The van der Waals surface area contributed by atoms with Gasteiger partial charge in [-0.1, -0.05) is 6.07 Å². The summed E-state index contributed by atoms with van der Waals surface area (Å²) in [6, 6.07) is 4.70. The van der Waals surface area contributed by atoms with Gasteiger partial charge < -0.3 is 9.64 Å². The summed E-state index contributed by atoms with van der Waals surface area (Å²) in [7, 11) is 0. The van der Waals surface area contributed by atoms with Crippen molar-refractivity contribution >= 4 is 5.91 Å². The van der Waals surface area contributed by atoms with Crippen molar-refractivity contribution in [1.82, 2.24) is 4.90 Å². The third-order valence-electron chi connectivity index (χ3n) is 3.06. The van der Waals surface area contributed by atoms with Crippen LogP contribution >= 0.6 is 0 Å². The first-order chi connectivity index (χ1) is 8.47. The highest BCUT2D eigenvalue weighted by molar-refractivity contribution is 5.94. The highest BCUT2D eigenvalue weighted by Gasteiger charge is 2.27.